The number of hydrogen-bond donors (Lipinski definition) is 4. The van der Waals surface area contributed by atoms with Crippen LogP contribution in [-0.4, -0.2) is 64.9 Å². The molecular weight excluding hydrogens is 830 g/mol. The number of allylic oxidation sites excluding steroid dienone is 14. The molecule has 0 bridgehead atoms. The van der Waals surface area contributed by atoms with Crippen molar-refractivity contribution in [3.63, 3.8) is 0 Å². The van der Waals surface area contributed by atoms with Crippen LogP contribution < -0.4 is 5.32 Å². The van der Waals surface area contributed by atoms with E-state index in [1.807, 2.05) is 0 Å². The molecule has 3 unspecified atom stereocenters. The van der Waals surface area contributed by atoms with Gasteiger partial charge in [0.15, 0.2) is 6.04 Å². The Bertz CT molecular complexity index is 1400. The van der Waals surface area contributed by atoms with Gasteiger partial charge in [-0.2, -0.15) is 0 Å². The molecule has 0 aromatic heterocycles. The predicted octanol–water partition coefficient (Wildman–Crippen LogP) is 13.4. The van der Waals surface area contributed by atoms with E-state index in [4.69, 9.17) is 13.8 Å². The average molecular weight is 918 g/mol. The molecule has 0 aliphatic carbocycles. The van der Waals surface area contributed by atoms with Crippen LogP contribution >= 0.6 is 7.82 Å². The fraction of sp³-hybridized carbons (Fsp3) is 0.673. The summed E-state index contributed by atoms with van der Waals surface area (Å²) in [6, 6.07) is -1.56. The maximum atomic E-state index is 12.3. The first kappa shape index (κ1) is 60.7. The fourth-order valence-electron chi connectivity index (χ4n) is 6.37. The number of ether oxygens (including phenoxy) is 1. The summed E-state index contributed by atoms with van der Waals surface area (Å²) in [6.45, 7) is 2.44. The molecule has 64 heavy (non-hydrogen) atoms. The second-order valence-electron chi connectivity index (χ2n) is 16.3. The Morgan fingerprint density at radius 2 is 0.906 bits per heavy atom. The van der Waals surface area contributed by atoms with E-state index in [1.165, 1.54) is 38.5 Å². The van der Waals surface area contributed by atoms with E-state index in [0.29, 0.717) is 12.8 Å². The molecule has 0 heterocycles. The molecule has 12 heteroatoms. The van der Waals surface area contributed by atoms with Crippen molar-refractivity contribution in [2.45, 2.75) is 206 Å². The number of aliphatic hydroxyl groups excluding tert-OH is 1. The molecule has 3 atom stereocenters. The van der Waals surface area contributed by atoms with Crippen LogP contribution in [0.1, 0.15) is 194 Å². The third kappa shape index (κ3) is 45.2. The van der Waals surface area contributed by atoms with Crippen LogP contribution in [0.15, 0.2) is 85.1 Å². The number of carbonyl (C=O) groups excluding carboxylic acids is 2. The van der Waals surface area contributed by atoms with Crippen LogP contribution in [0, 0.1) is 0 Å². The summed E-state index contributed by atoms with van der Waals surface area (Å²) in [7, 11) is -4.77. The highest BCUT2D eigenvalue weighted by atomic mass is 31.2. The fourth-order valence-corrected chi connectivity index (χ4v) is 7.14. The molecule has 0 aliphatic heterocycles. The molecule has 0 fully saturated rings. The summed E-state index contributed by atoms with van der Waals surface area (Å²) in [5.41, 5.74) is 0. The standard InChI is InChI=1S/C52H88NO10P/c1-3-5-7-9-11-13-15-17-19-21-22-23-24-25-26-28-30-32-34-36-38-40-42-44-51(56)61-45-48(54)46-62-64(59,60)63-47-49(52(57)58)53-50(55)43-41-39-37-35-33-31-29-27-20-18-16-14-12-10-8-6-4-2/h6,8,11-14,17-20,22-23,25-26,48-49,54H,3-5,7,9-10,15-16,21,24,27-47H2,1-2H3,(H,53,55)(H,57,58)(H,59,60)/b8-6-,13-11-,14-12-,19-17-,20-18-,23-22-,26-25-. The Labute approximate surface area is 388 Å². The molecule has 0 aromatic rings. The first-order valence-corrected chi connectivity index (χ1v) is 26.1. The minimum Gasteiger partial charge on any atom is -0.480 e. The van der Waals surface area contributed by atoms with Crippen molar-refractivity contribution in [1.29, 1.82) is 0 Å². The second-order valence-corrected chi connectivity index (χ2v) is 17.7. The van der Waals surface area contributed by atoms with Crippen LogP contribution in [0.5, 0.6) is 0 Å². The summed E-state index contributed by atoms with van der Waals surface area (Å²) in [4.78, 5) is 46.1. The van der Waals surface area contributed by atoms with Gasteiger partial charge >= 0.3 is 19.8 Å². The number of nitrogens with one attached hydrogen (secondary N) is 1. The SMILES string of the molecule is CC/C=C\C/C=C\C/C=C\CCCCCCCCCC(=O)NC(COP(=O)(O)OCC(O)COC(=O)CCCCCCCCC/C=C\C/C=C\C/C=C\C/C=C\CCCCC)C(=O)O. The number of esters is 1. The third-order valence-corrected chi connectivity index (χ3v) is 11.1. The van der Waals surface area contributed by atoms with Gasteiger partial charge in [-0.15, -0.1) is 0 Å². The van der Waals surface area contributed by atoms with Crippen molar-refractivity contribution in [3.05, 3.63) is 85.1 Å². The molecule has 0 aliphatic rings. The van der Waals surface area contributed by atoms with Crippen LogP contribution in [0.3, 0.4) is 0 Å². The number of phosphoric acid groups is 1. The van der Waals surface area contributed by atoms with E-state index in [2.05, 4.69) is 104 Å². The molecule has 4 N–H and O–H groups in total. The van der Waals surface area contributed by atoms with Crippen molar-refractivity contribution >= 4 is 25.7 Å². The number of unbranched alkanes of at least 4 members (excludes halogenated alkanes) is 17. The van der Waals surface area contributed by atoms with Gasteiger partial charge in [-0.3, -0.25) is 18.6 Å². The molecule has 0 aromatic carbocycles. The Hall–Kier alpha value is -3.34. The highest BCUT2D eigenvalue weighted by Crippen LogP contribution is 2.43. The molecule has 0 rings (SSSR count). The maximum absolute atomic E-state index is 12.3. The van der Waals surface area contributed by atoms with Gasteiger partial charge in [0.25, 0.3) is 0 Å². The number of amides is 1. The Kier molecular flexibility index (Phi) is 43.8. The van der Waals surface area contributed by atoms with Gasteiger partial charge in [0.05, 0.1) is 13.2 Å². The van der Waals surface area contributed by atoms with Gasteiger partial charge in [-0.25, -0.2) is 9.36 Å². The number of carbonyl (C=O) groups is 3. The topological polar surface area (TPSA) is 169 Å². The molecule has 366 valence electrons. The van der Waals surface area contributed by atoms with E-state index in [-0.39, 0.29) is 12.8 Å². The van der Waals surface area contributed by atoms with E-state index in [1.54, 1.807) is 0 Å². The number of rotatable bonds is 45. The first-order chi connectivity index (χ1) is 31.1. The summed E-state index contributed by atoms with van der Waals surface area (Å²) < 4.78 is 26.9. The lowest BCUT2D eigenvalue weighted by atomic mass is 10.1. The van der Waals surface area contributed by atoms with Gasteiger partial charge in [-0.05, 0) is 89.9 Å². The normalized spacial score (nSPS) is 14.3. The smallest absolute Gasteiger partial charge is 0.472 e. The number of aliphatic carboxylic acids is 1. The van der Waals surface area contributed by atoms with Crippen molar-refractivity contribution in [1.82, 2.24) is 5.32 Å². The Balaban J connectivity index is 3.89. The van der Waals surface area contributed by atoms with Gasteiger partial charge in [0.1, 0.15) is 12.7 Å². The number of hydrogen-bond acceptors (Lipinski definition) is 8. The third-order valence-electron chi connectivity index (χ3n) is 10.2. The first-order valence-electron chi connectivity index (χ1n) is 24.6. The Morgan fingerprint density at radius 3 is 1.36 bits per heavy atom. The average Bonchev–Trinajstić information content (AvgIpc) is 3.27. The van der Waals surface area contributed by atoms with Crippen molar-refractivity contribution in [2.75, 3.05) is 19.8 Å². The van der Waals surface area contributed by atoms with Crippen molar-refractivity contribution in [3.8, 4) is 0 Å². The molecule has 0 spiro atoms. The van der Waals surface area contributed by atoms with Crippen molar-refractivity contribution in [2.24, 2.45) is 0 Å². The lowest BCUT2D eigenvalue weighted by Gasteiger charge is -2.18. The van der Waals surface area contributed by atoms with E-state index >= 15 is 0 Å². The second kappa shape index (κ2) is 46.2. The highest BCUT2D eigenvalue weighted by Gasteiger charge is 2.28. The van der Waals surface area contributed by atoms with Gasteiger partial charge < -0.3 is 25.2 Å². The van der Waals surface area contributed by atoms with E-state index in [0.717, 1.165) is 116 Å². The zero-order chi connectivity index (χ0) is 47.0. The quantitative estimate of drug-likeness (QED) is 0.0200. The minimum absolute atomic E-state index is 0.129. The molecule has 0 saturated heterocycles. The van der Waals surface area contributed by atoms with Gasteiger partial charge in [0.2, 0.25) is 5.91 Å². The van der Waals surface area contributed by atoms with Crippen LogP contribution in [0.25, 0.3) is 0 Å². The van der Waals surface area contributed by atoms with Crippen LogP contribution in [0.2, 0.25) is 0 Å². The van der Waals surface area contributed by atoms with Gasteiger partial charge in [-0.1, -0.05) is 176 Å². The number of carboxylic acids is 1. The highest BCUT2D eigenvalue weighted by molar-refractivity contribution is 7.47. The zero-order valence-electron chi connectivity index (χ0n) is 39.8. The number of carboxylic acid groups (broad SMARTS) is 1. The summed E-state index contributed by atoms with van der Waals surface area (Å²) in [5.74, 6) is -2.41. The minimum atomic E-state index is -4.77. The molecule has 0 radical (unpaired) electrons. The molecular formula is C52H88NO10P. The van der Waals surface area contributed by atoms with Crippen LogP contribution in [0.4, 0.5) is 0 Å². The lowest BCUT2D eigenvalue weighted by molar-refractivity contribution is -0.147. The number of aliphatic hydroxyl groups is 1. The summed E-state index contributed by atoms with van der Waals surface area (Å²) >= 11 is 0. The van der Waals surface area contributed by atoms with Gasteiger partial charge in [0, 0.05) is 12.8 Å². The number of phosphoric ester groups is 1. The van der Waals surface area contributed by atoms with Crippen molar-refractivity contribution < 1.29 is 47.8 Å². The lowest BCUT2D eigenvalue weighted by Crippen LogP contribution is -2.43. The maximum Gasteiger partial charge on any atom is 0.472 e. The molecule has 1 amide bonds. The predicted molar refractivity (Wildman–Crippen MR) is 263 cm³/mol. The van der Waals surface area contributed by atoms with E-state index in [9.17, 15) is 34.1 Å². The van der Waals surface area contributed by atoms with E-state index < -0.39 is 57.6 Å². The monoisotopic (exact) mass is 918 g/mol. The molecule has 11 nitrogen and oxygen atoms in total. The Morgan fingerprint density at radius 1 is 0.516 bits per heavy atom. The van der Waals surface area contributed by atoms with Crippen LogP contribution in [-0.2, 0) is 32.7 Å². The largest absolute Gasteiger partial charge is 0.480 e. The summed E-state index contributed by atoms with van der Waals surface area (Å²) in [6.07, 6.45) is 57.4. The zero-order valence-corrected chi connectivity index (χ0v) is 40.7. The summed E-state index contributed by atoms with van der Waals surface area (Å²) in [5, 5.41) is 21.9. The molecule has 0 saturated carbocycles.